The van der Waals surface area contributed by atoms with E-state index < -0.39 is 6.10 Å². The third-order valence-corrected chi connectivity index (χ3v) is 3.67. The molecule has 100 valence electrons. The van der Waals surface area contributed by atoms with Gasteiger partial charge in [-0.3, -0.25) is 0 Å². The number of hydrogen-bond acceptors (Lipinski definition) is 4. The second-order valence-electron chi connectivity index (χ2n) is 4.21. The summed E-state index contributed by atoms with van der Waals surface area (Å²) in [6, 6.07) is 13.5. The summed E-state index contributed by atoms with van der Waals surface area (Å²) in [5, 5.41) is 10.8. The quantitative estimate of drug-likeness (QED) is 0.823. The minimum atomic E-state index is -0.508. The predicted molar refractivity (Wildman–Crippen MR) is 77.6 cm³/mol. The van der Waals surface area contributed by atoms with E-state index in [9.17, 15) is 5.11 Å². The van der Waals surface area contributed by atoms with E-state index in [1.807, 2.05) is 49.4 Å². The maximum absolute atomic E-state index is 9.89. The summed E-state index contributed by atoms with van der Waals surface area (Å²) < 4.78 is 5.60. The van der Waals surface area contributed by atoms with Gasteiger partial charge in [0, 0.05) is 11.9 Å². The van der Waals surface area contributed by atoms with Gasteiger partial charge in [-0.05, 0) is 30.7 Å². The highest BCUT2D eigenvalue weighted by Crippen LogP contribution is 2.18. The molecule has 2 rings (SSSR count). The Morgan fingerprint density at radius 2 is 2.00 bits per heavy atom. The van der Waals surface area contributed by atoms with Crippen LogP contribution in [0.3, 0.4) is 0 Å². The van der Waals surface area contributed by atoms with Gasteiger partial charge in [0.25, 0.3) is 0 Å². The Morgan fingerprint density at radius 3 is 2.74 bits per heavy atom. The molecule has 1 atom stereocenters. The van der Waals surface area contributed by atoms with Crippen molar-refractivity contribution >= 4 is 11.8 Å². The summed E-state index contributed by atoms with van der Waals surface area (Å²) in [6.07, 6.45) is 1.24. The van der Waals surface area contributed by atoms with Crippen molar-refractivity contribution in [1.29, 1.82) is 0 Å². The molecule has 0 fully saturated rings. The fourth-order valence-corrected chi connectivity index (χ4v) is 2.34. The van der Waals surface area contributed by atoms with Crippen molar-refractivity contribution in [2.45, 2.75) is 18.1 Å². The summed E-state index contributed by atoms with van der Waals surface area (Å²) >= 11 is 1.53. The molecule has 3 nitrogen and oxygen atoms in total. The van der Waals surface area contributed by atoms with Crippen molar-refractivity contribution in [3.8, 4) is 5.75 Å². The standard InChI is InChI=1S/C15H17NO2S/c1-12-6-2-3-7-14(12)18-10-13(17)11-19-15-8-4-5-9-16-15/h2-9,13,17H,10-11H2,1H3/t13-/m0/s1. The number of aliphatic hydroxyl groups excluding tert-OH is 1. The molecule has 2 aromatic rings. The van der Waals surface area contributed by atoms with Gasteiger partial charge in [-0.25, -0.2) is 4.98 Å². The number of aromatic nitrogens is 1. The molecule has 0 radical (unpaired) electrons. The number of benzene rings is 1. The lowest BCUT2D eigenvalue weighted by molar-refractivity contribution is 0.126. The number of rotatable bonds is 6. The molecule has 1 heterocycles. The van der Waals surface area contributed by atoms with Crippen LogP contribution in [0.2, 0.25) is 0 Å². The van der Waals surface area contributed by atoms with Crippen molar-refractivity contribution in [3.63, 3.8) is 0 Å². The Labute approximate surface area is 117 Å². The first-order valence-corrected chi connectivity index (χ1v) is 7.14. The summed E-state index contributed by atoms with van der Waals surface area (Å²) in [6.45, 7) is 2.29. The third kappa shape index (κ3) is 4.58. The van der Waals surface area contributed by atoms with Crippen LogP contribution in [0.5, 0.6) is 5.75 Å². The second kappa shape index (κ2) is 7.16. The molecule has 0 aliphatic rings. The maximum Gasteiger partial charge on any atom is 0.122 e. The van der Waals surface area contributed by atoms with E-state index in [-0.39, 0.29) is 0 Å². The molecule has 0 bridgehead atoms. The van der Waals surface area contributed by atoms with Crippen LogP contribution in [0.4, 0.5) is 0 Å². The average molecular weight is 275 g/mol. The normalized spacial score (nSPS) is 12.1. The average Bonchev–Trinajstić information content (AvgIpc) is 2.45. The van der Waals surface area contributed by atoms with Crippen molar-refractivity contribution in [1.82, 2.24) is 4.98 Å². The maximum atomic E-state index is 9.89. The van der Waals surface area contributed by atoms with Crippen LogP contribution in [-0.2, 0) is 0 Å². The molecule has 4 heteroatoms. The van der Waals surface area contributed by atoms with Gasteiger partial charge in [0.1, 0.15) is 12.4 Å². The van der Waals surface area contributed by atoms with Crippen LogP contribution >= 0.6 is 11.8 Å². The second-order valence-corrected chi connectivity index (χ2v) is 5.25. The first kappa shape index (κ1) is 13.9. The van der Waals surface area contributed by atoms with Crippen molar-refractivity contribution < 1.29 is 9.84 Å². The summed E-state index contributed by atoms with van der Waals surface area (Å²) in [5.74, 6) is 1.40. The minimum absolute atomic E-state index is 0.296. The fraction of sp³-hybridized carbons (Fsp3) is 0.267. The lowest BCUT2D eigenvalue weighted by atomic mass is 10.2. The lowest BCUT2D eigenvalue weighted by Crippen LogP contribution is -2.20. The van der Waals surface area contributed by atoms with E-state index in [1.54, 1.807) is 6.20 Å². The smallest absolute Gasteiger partial charge is 0.122 e. The van der Waals surface area contributed by atoms with E-state index in [2.05, 4.69) is 4.98 Å². The van der Waals surface area contributed by atoms with Gasteiger partial charge in [0.05, 0.1) is 11.1 Å². The van der Waals surface area contributed by atoms with E-state index in [0.717, 1.165) is 16.3 Å². The highest BCUT2D eigenvalue weighted by Gasteiger charge is 2.07. The van der Waals surface area contributed by atoms with Crippen LogP contribution in [0.15, 0.2) is 53.7 Å². The SMILES string of the molecule is Cc1ccccc1OC[C@H](O)CSc1ccccn1. The summed E-state index contributed by atoms with van der Waals surface area (Å²) in [7, 11) is 0. The third-order valence-electron chi connectivity index (χ3n) is 2.59. The van der Waals surface area contributed by atoms with E-state index in [1.165, 1.54) is 11.8 Å². The first-order chi connectivity index (χ1) is 9.25. The van der Waals surface area contributed by atoms with Gasteiger partial charge < -0.3 is 9.84 Å². The van der Waals surface area contributed by atoms with Crippen molar-refractivity contribution in [3.05, 3.63) is 54.2 Å². The molecule has 0 unspecified atom stereocenters. The number of hydrogen-bond donors (Lipinski definition) is 1. The van der Waals surface area contributed by atoms with E-state index in [4.69, 9.17) is 4.74 Å². The van der Waals surface area contributed by atoms with Crippen LogP contribution in [0.25, 0.3) is 0 Å². The zero-order valence-corrected chi connectivity index (χ0v) is 11.6. The molecule has 0 aliphatic heterocycles. The van der Waals surface area contributed by atoms with Crippen LogP contribution in [0.1, 0.15) is 5.56 Å². The number of pyridine rings is 1. The van der Waals surface area contributed by atoms with E-state index in [0.29, 0.717) is 12.4 Å². The van der Waals surface area contributed by atoms with Crippen LogP contribution in [-0.4, -0.2) is 28.6 Å². The Balaban J connectivity index is 1.76. The fourth-order valence-electron chi connectivity index (χ4n) is 1.57. The Hall–Kier alpha value is -1.52. The summed E-state index contributed by atoms with van der Waals surface area (Å²) in [4.78, 5) is 4.19. The van der Waals surface area contributed by atoms with Gasteiger partial charge in [-0.2, -0.15) is 0 Å². The molecule has 0 saturated carbocycles. The molecule has 1 aromatic heterocycles. The molecule has 0 spiro atoms. The number of nitrogens with zero attached hydrogens (tertiary/aromatic N) is 1. The highest BCUT2D eigenvalue weighted by molar-refractivity contribution is 7.99. The number of para-hydroxylation sites is 1. The van der Waals surface area contributed by atoms with Crippen LogP contribution in [0, 0.1) is 6.92 Å². The number of aliphatic hydroxyl groups is 1. The predicted octanol–water partition coefficient (Wildman–Crippen LogP) is 2.92. The zero-order valence-electron chi connectivity index (χ0n) is 10.8. The molecular weight excluding hydrogens is 258 g/mol. The molecule has 0 amide bonds. The molecule has 19 heavy (non-hydrogen) atoms. The number of aryl methyl sites for hydroxylation is 1. The topological polar surface area (TPSA) is 42.4 Å². The monoisotopic (exact) mass is 275 g/mol. The molecule has 1 aromatic carbocycles. The largest absolute Gasteiger partial charge is 0.491 e. The van der Waals surface area contributed by atoms with Gasteiger partial charge in [0.15, 0.2) is 0 Å². The van der Waals surface area contributed by atoms with Crippen molar-refractivity contribution in [2.75, 3.05) is 12.4 Å². The first-order valence-electron chi connectivity index (χ1n) is 6.16. The van der Waals surface area contributed by atoms with Gasteiger partial charge in [0.2, 0.25) is 0 Å². The Bertz CT molecular complexity index is 505. The number of thioether (sulfide) groups is 1. The zero-order chi connectivity index (χ0) is 13.5. The van der Waals surface area contributed by atoms with Crippen molar-refractivity contribution in [2.24, 2.45) is 0 Å². The van der Waals surface area contributed by atoms with Gasteiger partial charge in [-0.1, -0.05) is 24.3 Å². The van der Waals surface area contributed by atoms with Gasteiger partial charge in [-0.15, -0.1) is 11.8 Å². The lowest BCUT2D eigenvalue weighted by Gasteiger charge is -2.13. The van der Waals surface area contributed by atoms with Crippen LogP contribution < -0.4 is 4.74 Å². The number of ether oxygens (including phenoxy) is 1. The molecule has 1 N–H and O–H groups in total. The highest BCUT2D eigenvalue weighted by atomic mass is 32.2. The molecule has 0 saturated heterocycles. The summed E-state index contributed by atoms with van der Waals surface area (Å²) in [5.41, 5.74) is 1.08. The van der Waals surface area contributed by atoms with Gasteiger partial charge >= 0.3 is 0 Å². The Kier molecular flexibility index (Phi) is 5.24. The molecular formula is C15H17NO2S. The molecule has 0 aliphatic carbocycles. The van der Waals surface area contributed by atoms with E-state index >= 15 is 0 Å². The Morgan fingerprint density at radius 1 is 1.21 bits per heavy atom. The minimum Gasteiger partial charge on any atom is -0.491 e.